The van der Waals surface area contributed by atoms with Crippen LogP contribution in [-0.2, 0) is 4.79 Å². The summed E-state index contributed by atoms with van der Waals surface area (Å²) in [5.74, 6) is 0. The molecule has 0 aliphatic heterocycles. The smallest absolute Gasteiger partial charge is 0.150 e. The van der Waals surface area contributed by atoms with E-state index in [1.807, 2.05) is 0 Å². The molecule has 2 N–H and O–H groups in total. The second-order valence-electron chi connectivity index (χ2n) is 3.24. The summed E-state index contributed by atoms with van der Waals surface area (Å²) < 4.78 is 0. The normalized spacial score (nSPS) is 17.4. The fourth-order valence-corrected chi connectivity index (χ4v) is 1.10. The molecule has 0 spiro atoms. The average molecular weight is 212 g/mol. The van der Waals surface area contributed by atoms with Crippen LogP contribution in [0.3, 0.4) is 0 Å². The highest BCUT2D eigenvalue weighted by Gasteiger charge is 2.21. The van der Waals surface area contributed by atoms with Gasteiger partial charge in [0, 0.05) is 6.04 Å². The summed E-state index contributed by atoms with van der Waals surface area (Å²) >= 11 is 0. The van der Waals surface area contributed by atoms with Gasteiger partial charge in [-0.15, -0.1) is 12.4 Å². The molecule has 0 aromatic rings. The van der Waals surface area contributed by atoms with E-state index in [2.05, 4.69) is 0 Å². The van der Waals surface area contributed by atoms with E-state index in [0.29, 0.717) is 12.7 Å². The van der Waals surface area contributed by atoms with E-state index in [0.717, 1.165) is 0 Å². The molecule has 0 fully saturated rings. The van der Waals surface area contributed by atoms with Crippen LogP contribution < -0.4 is 0 Å². The summed E-state index contributed by atoms with van der Waals surface area (Å²) in [4.78, 5) is 12.0. The Balaban J connectivity index is 0. The van der Waals surface area contributed by atoms with Crippen molar-refractivity contribution in [2.45, 2.75) is 31.6 Å². The van der Waals surface area contributed by atoms with Gasteiger partial charge >= 0.3 is 0 Å². The van der Waals surface area contributed by atoms with Gasteiger partial charge in [0.2, 0.25) is 0 Å². The van der Waals surface area contributed by atoms with Crippen LogP contribution in [0.15, 0.2) is 0 Å². The van der Waals surface area contributed by atoms with E-state index < -0.39 is 12.2 Å². The number of halogens is 1. The van der Waals surface area contributed by atoms with E-state index >= 15 is 0 Å². The number of hydrogen-bond acceptors (Lipinski definition) is 4. The van der Waals surface area contributed by atoms with Crippen molar-refractivity contribution < 1.29 is 15.0 Å². The number of aliphatic hydroxyl groups excluding tert-OH is 2. The van der Waals surface area contributed by atoms with Crippen molar-refractivity contribution in [1.29, 1.82) is 0 Å². The van der Waals surface area contributed by atoms with Gasteiger partial charge in [0.15, 0.2) is 0 Å². The predicted octanol–water partition coefficient (Wildman–Crippen LogP) is -0.331. The molecule has 80 valence electrons. The maximum absolute atomic E-state index is 10.3. The van der Waals surface area contributed by atoms with E-state index in [4.69, 9.17) is 5.11 Å². The average Bonchev–Trinajstić information content (AvgIpc) is 1.98. The first kappa shape index (κ1) is 15.3. The Kier molecular flexibility index (Phi) is 8.56. The lowest BCUT2D eigenvalue weighted by atomic mass is 10.0. The summed E-state index contributed by atoms with van der Waals surface area (Å²) in [6.07, 6.45) is -0.637. The molecule has 0 aromatic heterocycles. The molecule has 0 saturated heterocycles. The lowest BCUT2D eigenvalue weighted by molar-refractivity contribution is -0.118. The number of nitrogens with zero attached hydrogens (tertiary/aromatic N) is 1. The number of hydrogen-bond donors (Lipinski definition) is 2. The van der Waals surface area contributed by atoms with Crippen LogP contribution in [-0.4, -0.2) is 53.7 Å². The lowest BCUT2D eigenvalue weighted by Gasteiger charge is -2.26. The SMILES string of the molecule is C[C@@H](O)C[C@@H]([C@@H](O)C=O)N(C)C.Cl. The Morgan fingerprint density at radius 2 is 1.85 bits per heavy atom. The van der Waals surface area contributed by atoms with Gasteiger partial charge in [-0.25, -0.2) is 0 Å². The first-order valence-corrected chi connectivity index (χ1v) is 3.97. The largest absolute Gasteiger partial charge is 0.393 e. The Labute approximate surface area is 85.0 Å². The second kappa shape index (κ2) is 7.26. The van der Waals surface area contributed by atoms with Crippen molar-refractivity contribution in [1.82, 2.24) is 4.90 Å². The highest BCUT2D eigenvalue weighted by atomic mass is 35.5. The molecule has 5 heteroatoms. The molecule has 0 rings (SSSR count). The third kappa shape index (κ3) is 5.99. The van der Waals surface area contributed by atoms with Gasteiger partial charge in [-0.3, -0.25) is 0 Å². The van der Waals surface area contributed by atoms with Crippen LogP contribution in [0.1, 0.15) is 13.3 Å². The molecule has 13 heavy (non-hydrogen) atoms. The minimum absolute atomic E-state index is 0. The lowest BCUT2D eigenvalue weighted by Crippen LogP contribution is -2.41. The first-order valence-electron chi connectivity index (χ1n) is 3.97. The minimum Gasteiger partial charge on any atom is -0.393 e. The molecule has 0 bridgehead atoms. The molecule has 0 heterocycles. The zero-order valence-electron chi connectivity index (χ0n) is 8.17. The number of aldehydes is 1. The molecule has 0 saturated carbocycles. The van der Waals surface area contributed by atoms with Gasteiger partial charge in [-0.2, -0.15) is 0 Å². The molecule has 0 aliphatic carbocycles. The summed E-state index contributed by atoms with van der Waals surface area (Å²) in [6.45, 7) is 1.63. The third-order valence-corrected chi connectivity index (χ3v) is 1.78. The number of likely N-dealkylation sites (N-methyl/N-ethyl adjacent to an activating group) is 1. The van der Waals surface area contributed by atoms with Gasteiger partial charge in [-0.1, -0.05) is 0 Å². The number of aliphatic hydroxyl groups is 2. The summed E-state index contributed by atoms with van der Waals surface area (Å²) in [5.41, 5.74) is 0. The molecular formula is C8H18ClNO3. The summed E-state index contributed by atoms with van der Waals surface area (Å²) in [5, 5.41) is 18.3. The zero-order valence-corrected chi connectivity index (χ0v) is 8.99. The molecule has 0 aromatic carbocycles. The fourth-order valence-electron chi connectivity index (χ4n) is 1.10. The maximum atomic E-state index is 10.3. The Morgan fingerprint density at radius 3 is 2.08 bits per heavy atom. The number of carbonyl (C=O) groups excluding carboxylic acids is 1. The molecular weight excluding hydrogens is 194 g/mol. The van der Waals surface area contributed by atoms with Crippen molar-refractivity contribution in [2.75, 3.05) is 14.1 Å². The maximum Gasteiger partial charge on any atom is 0.150 e. The summed E-state index contributed by atoms with van der Waals surface area (Å²) in [6, 6.07) is -0.303. The Hall–Kier alpha value is -0.160. The third-order valence-electron chi connectivity index (χ3n) is 1.78. The molecule has 3 atom stereocenters. The molecule has 0 unspecified atom stereocenters. The predicted molar refractivity (Wildman–Crippen MR) is 53.1 cm³/mol. The van der Waals surface area contributed by atoms with Crippen molar-refractivity contribution >= 4 is 18.7 Å². The molecule has 0 aliphatic rings. The van der Waals surface area contributed by atoms with Gasteiger partial charge in [0.1, 0.15) is 12.4 Å². The highest BCUT2D eigenvalue weighted by molar-refractivity contribution is 5.85. The molecule has 0 amide bonds. The van der Waals surface area contributed by atoms with Gasteiger partial charge < -0.3 is 19.9 Å². The second-order valence-corrected chi connectivity index (χ2v) is 3.24. The van der Waals surface area contributed by atoms with Gasteiger partial charge in [0.25, 0.3) is 0 Å². The van der Waals surface area contributed by atoms with Crippen molar-refractivity contribution in [3.8, 4) is 0 Å². The van der Waals surface area contributed by atoms with Crippen molar-refractivity contribution in [3.05, 3.63) is 0 Å². The van der Waals surface area contributed by atoms with E-state index in [-0.39, 0.29) is 18.4 Å². The molecule has 4 nitrogen and oxygen atoms in total. The van der Waals surface area contributed by atoms with Crippen molar-refractivity contribution in [2.24, 2.45) is 0 Å². The Morgan fingerprint density at radius 1 is 1.38 bits per heavy atom. The van der Waals surface area contributed by atoms with Crippen molar-refractivity contribution in [3.63, 3.8) is 0 Å². The number of rotatable bonds is 5. The highest BCUT2D eigenvalue weighted by Crippen LogP contribution is 2.07. The first-order chi connectivity index (χ1) is 5.49. The Bertz CT molecular complexity index is 141. The van der Waals surface area contributed by atoms with Crippen LogP contribution in [0.4, 0.5) is 0 Å². The quantitative estimate of drug-likeness (QED) is 0.612. The van der Waals surface area contributed by atoms with Crippen LogP contribution >= 0.6 is 12.4 Å². The van der Waals surface area contributed by atoms with Crippen LogP contribution in [0, 0.1) is 0 Å². The van der Waals surface area contributed by atoms with E-state index in [1.54, 1.807) is 25.9 Å². The van der Waals surface area contributed by atoms with E-state index in [9.17, 15) is 9.90 Å². The van der Waals surface area contributed by atoms with Gasteiger partial charge in [0.05, 0.1) is 6.10 Å². The van der Waals surface area contributed by atoms with Gasteiger partial charge in [-0.05, 0) is 27.4 Å². The minimum atomic E-state index is -1.02. The molecule has 0 radical (unpaired) electrons. The van der Waals surface area contributed by atoms with Crippen LogP contribution in [0.2, 0.25) is 0 Å². The number of carbonyl (C=O) groups is 1. The summed E-state index contributed by atoms with van der Waals surface area (Å²) in [7, 11) is 3.53. The fraction of sp³-hybridized carbons (Fsp3) is 0.875. The topological polar surface area (TPSA) is 60.8 Å². The van der Waals surface area contributed by atoms with Crippen LogP contribution in [0.25, 0.3) is 0 Å². The standard InChI is InChI=1S/C8H17NO3.ClH/c1-6(11)4-7(9(2)3)8(12)5-10;/h5-8,11-12H,4H2,1-3H3;1H/t6-,7+,8+;/m1./s1. The van der Waals surface area contributed by atoms with Crippen LogP contribution in [0.5, 0.6) is 0 Å². The monoisotopic (exact) mass is 211 g/mol. The van der Waals surface area contributed by atoms with E-state index in [1.165, 1.54) is 0 Å². The zero-order chi connectivity index (χ0) is 9.72.